The Kier molecular flexibility index (Phi) is 9.49. The smallest absolute Gasteiger partial charge is 0.337 e. The topological polar surface area (TPSA) is 124 Å². The van der Waals surface area contributed by atoms with Gasteiger partial charge >= 0.3 is 5.97 Å². The number of ether oxygens (including phenoxy) is 3. The molecule has 7 rings (SSSR count). The van der Waals surface area contributed by atoms with Crippen LogP contribution in [-0.2, 0) is 24.3 Å². The van der Waals surface area contributed by atoms with Gasteiger partial charge in [-0.15, -0.1) is 0 Å². The summed E-state index contributed by atoms with van der Waals surface area (Å²) in [6.45, 7) is 9.44. The summed E-state index contributed by atoms with van der Waals surface area (Å²) in [5.74, 6) is -0.0356. The van der Waals surface area contributed by atoms with Crippen molar-refractivity contribution in [3.05, 3.63) is 58.7 Å². The van der Waals surface area contributed by atoms with Crippen molar-refractivity contribution < 1.29 is 32.2 Å². The molecule has 6 aliphatic rings. The maximum Gasteiger partial charge on any atom is 0.337 e. The van der Waals surface area contributed by atoms with Crippen molar-refractivity contribution in [3.63, 3.8) is 0 Å². The normalized spacial score (nSPS) is 38.4. The zero-order valence-corrected chi connectivity index (χ0v) is 31.8. The SMILES string of the molecule is CO[C@@]1(CC2=N[C@@H](C)C(=O)O2)/C=C/C[C@H](C)[C@@H](C)S(=O)(=O)NC(=O)c2ccc3c(c2)N(C[C@@H]2CC[C@H]21)C[C@@]1(CCCC2=CC(Cl)=CCC21C)CO3. The molecule has 3 heterocycles. The number of methoxy groups -OCH3 is 1. The van der Waals surface area contributed by atoms with Gasteiger partial charge in [0.25, 0.3) is 5.91 Å². The summed E-state index contributed by atoms with van der Waals surface area (Å²) < 4.78 is 48.2. The molecular weight excluding hydrogens is 690 g/mol. The Morgan fingerprint density at radius 2 is 1.98 bits per heavy atom. The van der Waals surface area contributed by atoms with Gasteiger partial charge in [0.1, 0.15) is 11.8 Å². The molecule has 1 aromatic carbocycles. The van der Waals surface area contributed by atoms with Gasteiger partial charge in [-0.25, -0.2) is 22.9 Å². The van der Waals surface area contributed by atoms with Crippen LogP contribution in [0.1, 0.15) is 89.4 Å². The lowest BCUT2D eigenvalue weighted by Crippen LogP contribution is -2.56. The lowest BCUT2D eigenvalue weighted by atomic mass is 9.52. The number of fused-ring (bicyclic) bond motifs is 4. The second kappa shape index (κ2) is 13.4. The standard InChI is InChI=1S/C39H50ClN3O7S/c1-24-8-6-16-39(48-5,20-34-41-25(2)36(45)50-34)31-12-10-28(31)21-43-22-38(15-7-9-29-19-30(40)14-17-37(29,38)4)23-49-33-13-11-27(18-32(33)43)35(44)42-51(46,47)26(24)3/h6,11,13-14,16,18-19,24-26,28,31H,7-10,12,15,17,20-23H2,1-5H3,(H,42,44)/b16-6+/t24-,25-,26+,28-,31+,37?,38-,39+/m0/s1. The molecule has 51 heavy (non-hydrogen) atoms. The molecule has 0 saturated heterocycles. The van der Waals surface area contributed by atoms with Crippen LogP contribution in [0.4, 0.5) is 5.69 Å². The molecule has 1 aromatic rings. The van der Waals surface area contributed by atoms with E-state index < -0.39 is 32.8 Å². The highest BCUT2D eigenvalue weighted by molar-refractivity contribution is 7.90. The second-order valence-electron chi connectivity index (χ2n) is 16.0. The van der Waals surface area contributed by atoms with Crippen molar-refractivity contribution in [1.29, 1.82) is 0 Å². The molecule has 0 radical (unpaired) electrons. The number of anilines is 1. The predicted molar refractivity (Wildman–Crippen MR) is 198 cm³/mol. The van der Waals surface area contributed by atoms with E-state index in [1.54, 1.807) is 33.1 Å². The van der Waals surface area contributed by atoms with Crippen LogP contribution in [0.15, 0.2) is 58.1 Å². The predicted octanol–water partition coefficient (Wildman–Crippen LogP) is 6.70. The van der Waals surface area contributed by atoms with Crippen molar-refractivity contribution in [2.24, 2.45) is 33.6 Å². The third kappa shape index (κ3) is 6.35. The zero-order valence-electron chi connectivity index (χ0n) is 30.2. The minimum absolute atomic E-state index is 0.0595. The van der Waals surface area contributed by atoms with Crippen molar-refractivity contribution in [2.45, 2.75) is 96.0 Å². The number of amides is 1. The Hall–Kier alpha value is -3.15. The quantitative estimate of drug-likeness (QED) is 0.268. The van der Waals surface area contributed by atoms with Crippen LogP contribution < -0.4 is 14.4 Å². The van der Waals surface area contributed by atoms with Crippen LogP contribution in [0.25, 0.3) is 0 Å². The van der Waals surface area contributed by atoms with Gasteiger partial charge in [-0.3, -0.25) is 4.79 Å². The summed E-state index contributed by atoms with van der Waals surface area (Å²) in [5, 5.41) is -0.0637. The number of allylic oxidation sites excluding steroid dienone is 5. The number of nitrogens with one attached hydrogen (secondary N) is 1. The highest BCUT2D eigenvalue weighted by Gasteiger charge is 2.56. The number of aliphatic imine (C=N–C) groups is 1. The van der Waals surface area contributed by atoms with E-state index in [2.05, 4.69) is 33.7 Å². The fourth-order valence-corrected chi connectivity index (χ4v) is 10.9. The van der Waals surface area contributed by atoms with E-state index in [4.69, 9.17) is 25.8 Å². The van der Waals surface area contributed by atoms with Crippen molar-refractivity contribution in [1.82, 2.24) is 4.72 Å². The Morgan fingerprint density at radius 1 is 1.18 bits per heavy atom. The van der Waals surface area contributed by atoms with Gasteiger partial charge in [0, 0.05) is 41.6 Å². The number of halogens is 1. The van der Waals surface area contributed by atoms with Gasteiger partial charge in [0.15, 0.2) is 5.90 Å². The first kappa shape index (κ1) is 36.2. The number of nitrogens with zero attached hydrogens (tertiary/aromatic N) is 2. The Bertz CT molecular complexity index is 1840. The average molecular weight is 740 g/mol. The van der Waals surface area contributed by atoms with Gasteiger partial charge in [-0.2, -0.15) is 0 Å². The van der Waals surface area contributed by atoms with Crippen LogP contribution in [0.5, 0.6) is 5.75 Å². The second-order valence-corrected chi connectivity index (χ2v) is 18.5. The third-order valence-corrected chi connectivity index (χ3v) is 15.4. The van der Waals surface area contributed by atoms with E-state index in [0.717, 1.165) is 49.2 Å². The summed E-state index contributed by atoms with van der Waals surface area (Å²) in [6, 6.07) is 4.70. The molecule has 276 valence electrons. The van der Waals surface area contributed by atoms with Crippen molar-refractivity contribution in [2.75, 3.05) is 31.7 Å². The van der Waals surface area contributed by atoms with Gasteiger partial charge in [0.05, 0.1) is 29.6 Å². The fourth-order valence-electron chi connectivity index (χ4n) is 9.40. The Morgan fingerprint density at radius 3 is 2.69 bits per heavy atom. The molecule has 8 atom stereocenters. The summed E-state index contributed by atoms with van der Waals surface area (Å²) in [7, 11) is -2.31. The first-order valence-corrected chi connectivity index (χ1v) is 20.3. The average Bonchev–Trinajstić information content (AvgIpc) is 3.30. The minimum atomic E-state index is -4.01. The maximum atomic E-state index is 13.6. The lowest BCUT2D eigenvalue weighted by Gasteiger charge is -2.55. The van der Waals surface area contributed by atoms with Crippen LogP contribution in [0.3, 0.4) is 0 Å². The van der Waals surface area contributed by atoms with E-state index in [1.165, 1.54) is 5.57 Å². The molecule has 3 aliphatic heterocycles. The van der Waals surface area contributed by atoms with Crippen LogP contribution in [0, 0.1) is 28.6 Å². The first-order valence-electron chi connectivity index (χ1n) is 18.3. The Labute approximate surface area is 306 Å². The number of hydrogen-bond acceptors (Lipinski definition) is 9. The van der Waals surface area contributed by atoms with Gasteiger partial charge in [0.2, 0.25) is 10.0 Å². The number of sulfonamides is 1. The van der Waals surface area contributed by atoms with E-state index >= 15 is 0 Å². The van der Waals surface area contributed by atoms with Crippen molar-refractivity contribution in [3.8, 4) is 5.75 Å². The molecule has 2 fully saturated rings. The largest absolute Gasteiger partial charge is 0.491 e. The molecule has 12 heteroatoms. The molecule has 1 amide bonds. The van der Waals surface area contributed by atoms with Crippen molar-refractivity contribution >= 4 is 45.1 Å². The van der Waals surface area contributed by atoms with E-state index in [0.29, 0.717) is 44.2 Å². The molecule has 3 aliphatic carbocycles. The number of cyclic esters (lactones) is 1. The molecule has 2 bridgehead atoms. The Balaban J connectivity index is 1.33. The summed E-state index contributed by atoms with van der Waals surface area (Å²) in [5.41, 5.74) is 1.14. The monoisotopic (exact) mass is 739 g/mol. The molecular formula is C39H50ClN3O7S. The third-order valence-electron chi connectivity index (χ3n) is 13.2. The molecule has 10 nitrogen and oxygen atoms in total. The summed E-state index contributed by atoms with van der Waals surface area (Å²) in [4.78, 5) is 32.9. The van der Waals surface area contributed by atoms with Gasteiger partial charge in [-0.1, -0.05) is 49.2 Å². The highest BCUT2D eigenvalue weighted by Crippen LogP contribution is 2.60. The number of carbonyl (C=O) groups is 2. The number of benzene rings is 1. The van der Waals surface area contributed by atoms with Crippen LogP contribution in [-0.4, -0.2) is 69.9 Å². The van der Waals surface area contributed by atoms with E-state index in [9.17, 15) is 18.0 Å². The molecule has 1 spiro atoms. The van der Waals surface area contributed by atoms with E-state index in [1.807, 2.05) is 25.1 Å². The van der Waals surface area contributed by atoms with Gasteiger partial charge in [-0.05, 0) is 101 Å². The summed E-state index contributed by atoms with van der Waals surface area (Å²) >= 11 is 6.56. The highest BCUT2D eigenvalue weighted by atomic mass is 35.5. The number of hydrogen-bond donors (Lipinski definition) is 1. The molecule has 2 saturated carbocycles. The number of esters is 1. The first-order chi connectivity index (χ1) is 24.2. The molecule has 1 N–H and O–H groups in total. The zero-order chi connectivity index (χ0) is 36.3. The number of rotatable bonds is 3. The van der Waals surface area contributed by atoms with Gasteiger partial charge < -0.3 is 19.1 Å². The number of carbonyl (C=O) groups excluding carboxylic acids is 2. The fraction of sp³-hybridized carbons (Fsp3) is 0.615. The van der Waals surface area contributed by atoms with Crippen LogP contribution >= 0.6 is 11.6 Å². The van der Waals surface area contributed by atoms with E-state index in [-0.39, 0.29) is 40.1 Å². The molecule has 0 aromatic heterocycles. The summed E-state index contributed by atoms with van der Waals surface area (Å²) in [6.07, 6.45) is 14.7. The minimum Gasteiger partial charge on any atom is -0.491 e. The lowest BCUT2D eigenvalue weighted by molar-refractivity contribution is -0.135. The van der Waals surface area contributed by atoms with Crippen LogP contribution in [0.2, 0.25) is 0 Å². The molecule has 1 unspecified atom stereocenters. The maximum absolute atomic E-state index is 13.6.